The number of hydrogen-bond acceptors (Lipinski definition) is 16. The van der Waals surface area contributed by atoms with E-state index in [1.807, 2.05) is 34.6 Å². The fraction of sp³-hybridized carbons (Fsp3) is 0.487. The van der Waals surface area contributed by atoms with Crippen LogP contribution in [0.1, 0.15) is 67.8 Å². The van der Waals surface area contributed by atoms with Crippen LogP contribution in [-0.4, -0.2) is 126 Å². The molecule has 16 nitrogen and oxygen atoms in total. The third kappa shape index (κ3) is 11.6. The van der Waals surface area contributed by atoms with Gasteiger partial charge in [0, 0.05) is 85.5 Å². The van der Waals surface area contributed by atoms with E-state index in [9.17, 15) is 9.59 Å². The molecule has 3 fully saturated rings. The number of ether oxygens (including phenoxy) is 4. The Labute approximate surface area is 349 Å². The fourth-order valence-corrected chi connectivity index (χ4v) is 6.14. The Balaban J connectivity index is 0.000000171. The molecule has 0 amide bonds. The molecule has 0 radical (unpaired) electrons. The number of esters is 2. The smallest absolute Gasteiger partial charge is 0.462 e. The van der Waals surface area contributed by atoms with Crippen LogP contribution in [0.4, 0.5) is 11.6 Å². The van der Waals surface area contributed by atoms with Crippen LogP contribution in [0.5, 0.6) is 0 Å². The van der Waals surface area contributed by atoms with Gasteiger partial charge < -0.3 is 38.1 Å². The van der Waals surface area contributed by atoms with Crippen LogP contribution < -0.4 is 15.3 Å². The molecule has 3 aliphatic rings. The van der Waals surface area contributed by atoms with E-state index in [1.54, 1.807) is 50.8 Å². The van der Waals surface area contributed by atoms with Gasteiger partial charge in [-0.1, -0.05) is 0 Å². The summed E-state index contributed by atoms with van der Waals surface area (Å²) in [6, 6.07) is 3.43. The second-order valence-corrected chi connectivity index (χ2v) is 14.9. The molecule has 310 valence electrons. The van der Waals surface area contributed by atoms with Crippen molar-refractivity contribution in [1.29, 1.82) is 0 Å². The Kier molecular flexibility index (Phi) is 15.7. The maximum absolute atomic E-state index is 11.9. The van der Waals surface area contributed by atoms with Gasteiger partial charge in [0.15, 0.2) is 0 Å². The van der Waals surface area contributed by atoms with Crippen molar-refractivity contribution < 1.29 is 37.8 Å². The van der Waals surface area contributed by atoms with E-state index in [0.29, 0.717) is 67.2 Å². The number of morpholine rings is 2. The van der Waals surface area contributed by atoms with E-state index >= 15 is 0 Å². The normalized spacial score (nSPS) is 17.0. The fourth-order valence-electron chi connectivity index (χ4n) is 5.88. The summed E-state index contributed by atoms with van der Waals surface area (Å²) < 4.78 is 32.5. The molecule has 7 heterocycles. The number of halogens is 2. The first-order chi connectivity index (χ1) is 27.7. The Morgan fingerprint density at radius 1 is 0.707 bits per heavy atom. The van der Waals surface area contributed by atoms with Crippen LogP contribution in [0.15, 0.2) is 49.3 Å². The lowest BCUT2D eigenvalue weighted by atomic mass is 9.80. The summed E-state index contributed by atoms with van der Waals surface area (Å²) >= 11 is 11.7. The molecule has 3 aliphatic heterocycles. The SMILES string of the molecule is CCOC(=O)c1cncc(-c2cnc(Cl)nc2N2CCOCC2)c1.CCOC(=O)c1cncc(B2OC(C)(C)C(C)(C)O2)c1.Cc1cnc(Cl)nc1N1CCOCC1. The molecular weight excluding hydrogens is 790 g/mol. The number of anilines is 2. The Hall–Kier alpha value is -4.52. The highest BCUT2D eigenvalue weighted by Gasteiger charge is 2.52. The van der Waals surface area contributed by atoms with Crippen LogP contribution >= 0.6 is 23.2 Å². The molecule has 4 aromatic heterocycles. The summed E-state index contributed by atoms with van der Waals surface area (Å²) in [5.74, 6) is 0.836. The molecular formula is C39H49BCl2N8O8. The van der Waals surface area contributed by atoms with Gasteiger partial charge in [0.2, 0.25) is 10.6 Å². The summed E-state index contributed by atoms with van der Waals surface area (Å²) in [4.78, 5) is 52.7. The zero-order chi connectivity index (χ0) is 41.9. The monoisotopic (exact) mass is 838 g/mol. The molecule has 0 unspecified atom stereocenters. The second-order valence-electron chi connectivity index (χ2n) is 14.2. The summed E-state index contributed by atoms with van der Waals surface area (Å²) in [6.45, 7) is 20.0. The minimum atomic E-state index is -0.526. The average molecular weight is 840 g/mol. The number of aromatic nitrogens is 6. The van der Waals surface area contributed by atoms with Crippen LogP contribution in [0, 0.1) is 6.92 Å². The average Bonchev–Trinajstić information content (AvgIpc) is 3.45. The summed E-state index contributed by atoms with van der Waals surface area (Å²) in [5, 5.41) is 0.479. The van der Waals surface area contributed by atoms with Crippen molar-refractivity contribution in [3.63, 3.8) is 0 Å². The highest BCUT2D eigenvalue weighted by molar-refractivity contribution is 6.62. The second kappa shape index (κ2) is 20.4. The summed E-state index contributed by atoms with van der Waals surface area (Å²) in [6.07, 6.45) is 9.66. The van der Waals surface area contributed by atoms with E-state index < -0.39 is 30.3 Å². The zero-order valence-corrected chi connectivity index (χ0v) is 35.4. The topological polar surface area (TPSA) is 173 Å². The first-order valence-electron chi connectivity index (χ1n) is 19.0. The summed E-state index contributed by atoms with van der Waals surface area (Å²) in [7, 11) is -0.526. The van der Waals surface area contributed by atoms with Crippen LogP contribution in [-0.2, 0) is 28.3 Å². The number of rotatable bonds is 8. The van der Waals surface area contributed by atoms with Crippen molar-refractivity contribution in [2.45, 2.75) is 59.7 Å². The first-order valence-corrected chi connectivity index (χ1v) is 19.8. The standard InChI is InChI=1S/C16H17ClN4O3.C14H20BNO4.C9H12ClN3O/c1-2-24-15(22)12-7-11(8-18-9-12)13-10-19-16(17)20-14(13)21-3-5-23-6-4-21;1-6-18-12(17)10-7-11(9-16-8-10)15-19-13(2,3)14(4,5)20-15;1-7-6-11-9(10)12-8(7)13-2-4-14-5-3-13/h7-10H,2-6H2,1H3;7-9H,6H2,1-5H3;6H,2-5H2,1H3. The third-order valence-electron chi connectivity index (χ3n) is 9.63. The van der Waals surface area contributed by atoms with Gasteiger partial charge in [-0.15, -0.1) is 0 Å². The molecule has 19 heteroatoms. The molecule has 0 atom stereocenters. The van der Waals surface area contributed by atoms with Crippen molar-refractivity contribution in [1.82, 2.24) is 29.9 Å². The molecule has 0 aromatic carbocycles. The molecule has 0 saturated carbocycles. The Bertz CT molecular complexity index is 2000. The molecule has 0 N–H and O–H groups in total. The molecule has 0 spiro atoms. The number of aryl methyl sites for hydroxylation is 1. The molecule has 3 saturated heterocycles. The zero-order valence-electron chi connectivity index (χ0n) is 33.9. The molecule has 58 heavy (non-hydrogen) atoms. The van der Waals surface area contributed by atoms with Gasteiger partial charge in [-0.05, 0) is 83.8 Å². The van der Waals surface area contributed by atoms with Gasteiger partial charge in [-0.2, -0.15) is 4.98 Å². The molecule has 0 bridgehead atoms. The Morgan fingerprint density at radius 3 is 1.74 bits per heavy atom. The van der Waals surface area contributed by atoms with E-state index in [-0.39, 0.29) is 5.28 Å². The van der Waals surface area contributed by atoms with E-state index in [4.69, 9.17) is 51.5 Å². The highest BCUT2D eigenvalue weighted by atomic mass is 35.5. The maximum atomic E-state index is 11.9. The minimum absolute atomic E-state index is 0.176. The number of carbonyl (C=O) groups excluding carboxylic acids is 2. The van der Waals surface area contributed by atoms with Crippen molar-refractivity contribution in [2.75, 3.05) is 75.6 Å². The van der Waals surface area contributed by atoms with Gasteiger partial charge >= 0.3 is 19.1 Å². The Morgan fingerprint density at radius 2 is 1.19 bits per heavy atom. The molecule has 4 aromatic rings. The van der Waals surface area contributed by atoms with Crippen LogP contribution in [0.3, 0.4) is 0 Å². The van der Waals surface area contributed by atoms with Gasteiger partial charge in [-0.25, -0.2) is 24.5 Å². The largest absolute Gasteiger partial charge is 0.496 e. The highest BCUT2D eigenvalue weighted by Crippen LogP contribution is 2.36. The number of nitrogens with zero attached hydrogens (tertiary/aromatic N) is 8. The lowest BCUT2D eigenvalue weighted by Gasteiger charge is -2.32. The lowest BCUT2D eigenvalue weighted by molar-refractivity contribution is 0.00578. The van der Waals surface area contributed by atoms with Crippen molar-refractivity contribution in [3.05, 3.63) is 76.6 Å². The minimum Gasteiger partial charge on any atom is -0.462 e. The van der Waals surface area contributed by atoms with Gasteiger partial charge in [-0.3, -0.25) is 9.97 Å². The van der Waals surface area contributed by atoms with Gasteiger partial charge in [0.05, 0.1) is 62.0 Å². The predicted molar refractivity (Wildman–Crippen MR) is 220 cm³/mol. The van der Waals surface area contributed by atoms with Gasteiger partial charge in [0.25, 0.3) is 0 Å². The number of pyridine rings is 2. The molecule has 7 rings (SSSR count). The van der Waals surface area contributed by atoms with E-state index in [2.05, 4.69) is 39.7 Å². The summed E-state index contributed by atoms with van der Waals surface area (Å²) in [5.41, 5.74) is 3.22. The third-order valence-corrected chi connectivity index (χ3v) is 10.00. The van der Waals surface area contributed by atoms with Crippen LogP contribution in [0.2, 0.25) is 10.6 Å². The predicted octanol–water partition coefficient (Wildman–Crippen LogP) is 5.04. The van der Waals surface area contributed by atoms with Crippen molar-refractivity contribution >= 4 is 59.4 Å². The van der Waals surface area contributed by atoms with Crippen LogP contribution in [0.25, 0.3) is 11.1 Å². The first kappa shape index (κ1) is 44.6. The van der Waals surface area contributed by atoms with Gasteiger partial charge in [0.1, 0.15) is 11.6 Å². The van der Waals surface area contributed by atoms with Crippen molar-refractivity contribution in [3.8, 4) is 11.1 Å². The van der Waals surface area contributed by atoms with E-state index in [1.165, 1.54) is 12.4 Å². The maximum Gasteiger partial charge on any atom is 0.496 e. The van der Waals surface area contributed by atoms with E-state index in [0.717, 1.165) is 48.8 Å². The molecule has 0 aliphatic carbocycles. The quantitative estimate of drug-likeness (QED) is 0.131. The lowest BCUT2D eigenvalue weighted by Crippen LogP contribution is -2.41. The number of carbonyl (C=O) groups is 2. The number of hydrogen-bond donors (Lipinski definition) is 0. The van der Waals surface area contributed by atoms with Crippen molar-refractivity contribution in [2.24, 2.45) is 0 Å².